The Bertz CT molecular complexity index is 805. The Hall–Kier alpha value is -2.96. The summed E-state index contributed by atoms with van der Waals surface area (Å²) >= 11 is 0. The van der Waals surface area contributed by atoms with Gasteiger partial charge in [-0.25, -0.2) is 13.6 Å². The fraction of sp³-hybridized carbons (Fsp3) is 0.222. The van der Waals surface area contributed by atoms with Gasteiger partial charge >= 0.3 is 6.09 Å². The highest BCUT2D eigenvalue weighted by molar-refractivity contribution is 5.95. The number of ether oxygens (including phenoxy) is 1. The van der Waals surface area contributed by atoms with E-state index in [4.69, 9.17) is 4.74 Å². The van der Waals surface area contributed by atoms with Crippen molar-refractivity contribution < 1.29 is 23.1 Å². The van der Waals surface area contributed by atoms with Gasteiger partial charge in [-0.15, -0.1) is 0 Å². The standard InChI is InChI=1S/C18H16F2N2O3/c1-11(21-17(23)16-14(19)6-3-7-15(16)20)12-4-2-5-13(10-12)22-8-9-25-18(22)24/h2-7,10-11H,8-9H2,1H3,(H,21,23). The van der Waals surface area contributed by atoms with Crippen molar-refractivity contribution in [2.24, 2.45) is 0 Å². The Morgan fingerprint density at radius 1 is 1.20 bits per heavy atom. The second kappa shape index (κ2) is 6.88. The molecule has 1 heterocycles. The Morgan fingerprint density at radius 3 is 2.52 bits per heavy atom. The van der Waals surface area contributed by atoms with Crippen molar-refractivity contribution in [3.63, 3.8) is 0 Å². The van der Waals surface area contributed by atoms with E-state index in [-0.39, 0.29) is 0 Å². The number of anilines is 1. The van der Waals surface area contributed by atoms with E-state index in [0.29, 0.717) is 24.4 Å². The van der Waals surface area contributed by atoms with E-state index in [2.05, 4.69) is 5.32 Å². The lowest BCUT2D eigenvalue weighted by atomic mass is 10.1. The number of amides is 2. The summed E-state index contributed by atoms with van der Waals surface area (Å²) in [6.07, 6.45) is -0.428. The zero-order chi connectivity index (χ0) is 18.0. The summed E-state index contributed by atoms with van der Waals surface area (Å²) in [6, 6.07) is 9.73. The number of carbonyl (C=O) groups is 2. The van der Waals surface area contributed by atoms with Gasteiger partial charge in [-0.05, 0) is 36.8 Å². The van der Waals surface area contributed by atoms with E-state index in [1.165, 1.54) is 11.0 Å². The summed E-state index contributed by atoms with van der Waals surface area (Å²) in [5.74, 6) is -2.68. The second-order valence-electron chi connectivity index (χ2n) is 5.65. The van der Waals surface area contributed by atoms with Crippen LogP contribution in [-0.2, 0) is 4.74 Å². The molecule has 3 rings (SSSR count). The molecule has 1 fully saturated rings. The molecule has 0 saturated carbocycles. The SMILES string of the molecule is CC(NC(=O)c1c(F)cccc1F)c1cccc(N2CCOC2=O)c1. The lowest BCUT2D eigenvalue weighted by molar-refractivity contribution is 0.0931. The third kappa shape index (κ3) is 3.45. The van der Waals surface area contributed by atoms with Crippen LogP contribution in [0.3, 0.4) is 0 Å². The minimum absolute atomic E-state index is 0.321. The molecular weight excluding hydrogens is 330 g/mol. The van der Waals surface area contributed by atoms with E-state index in [0.717, 1.165) is 12.1 Å². The van der Waals surface area contributed by atoms with Crippen LogP contribution >= 0.6 is 0 Å². The maximum absolute atomic E-state index is 13.7. The number of hydrogen-bond acceptors (Lipinski definition) is 3. The quantitative estimate of drug-likeness (QED) is 0.923. The van der Waals surface area contributed by atoms with Crippen molar-refractivity contribution in [2.45, 2.75) is 13.0 Å². The van der Waals surface area contributed by atoms with Crippen molar-refractivity contribution in [3.8, 4) is 0 Å². The molecule has 1 N–H and O–H groups in total. The van der Waals surface area contributed by atoms with Crippen LogP contribution < -0.4 is 10.2 Å². The zero-order valence-corrected chi connectivity index (χ0v) is 13.5. The first kappa shape index (κ1) is 16.9. The monoisotopic (exact) mass is 346 g/mol. The molecule has 0 aliphatic carbocycles. The summed E-state index contributed by atoms with van der Waals surface area (Å²) in [5, 5.41) is 2.57. The molecule has 1 unspecified atom stereocenters. The van der Waals surface area contributed by atoms with E-state index in [9.17, 15) is 18.4 Å². The van der Waals surface area contributed by atoms with Gasteiger partial charge in [-0.3, -0.25) is 9.69 Å². The predicted molar refractivity (Wildman–Crippen MR) is 87.4 cm³/mol. The molecule has 1 atom stereocenters. The zero-order valence-electron chi connectivity index (χ0n) is 13.5. The molecule has 5 nitrogen and oxygen atoms in total. The highest BCUT2D eigenvalue weighted by atomic mass is 19.1. The molecule has 1 aliphatic rings. The maximum Gasteiger partial charge on any atom is 0.414 e. The van der Waals surface area contributed by atoms with Crippen LogP contribution in [-0.4, -0.2) is 25.2 Å². The fourth-order valence-corrected chi connectivity index (χ4v) is 2.66. The highest BCUT2D eigenvalue weighted by Gasteiger charge is 2.24. The number of nitrogens with one attached hydrogen (secondary N) is 1. The van der Waals surface area contributed by atoms with Crippen LogP contribution in [0.15, 0.2) is 42.5 Å². The number of rotatable bonds is 4. The van der Waals surface area contributed by atoms with Gasteiger partial charge in [0, 0.05) is 5.69 Å². The molecule has 0 spiro atoms. The van der Waals surface area contributed by atoms with Gasteiger partial charge in [0.2, 0.25) is 0 Å². The number of carbonyl (C=O) groups excluding carboxylic acids is 2. The third-order valence-electron chi connectivity index (χ3n) is 3.98. The number of benzene rings is 2. The van der Waals surface area contributed by atoms with E-state index in [1.807, 2.05) is 0 Å². The summed E-state index contributed by atoms with van der Waals surface area (Å²) in [4.78, 5) is 25.3. The molecule has 0 radical (unpaired) electrons. The van der Waals surface area contributed by atoms with Crippen molar-refractivity contribution in [2.75, 3.05) is 18.1 Å². The van der Waals surface area contributed by atoms with Gasteiger partial charge < -0.3 is 10.1 Å². The van der Waals surface area contributed by atoms with Crippen LogP contribution in [0.1, 0.15) is 28.9 Å². The van der Waals surface area contributed by atoms with Gasteiger partial charge in [0.05, 0.1) is 12.6 Å². The average molecular weight is 346 g/mol. The molecular formula is C18H16F2N2O3. The van der Waals surface area contributed by atoms with Crippen LogP contribution in [0.5, 0.6) is 0 Å². The molecule has 1 saturated heterocycles. The molecule has 25 heavy (non-hydrogen) atoms. The first-order valence-corrected chi connectivity index (χ1v) is 7.76. The van der Waals surface area contributed by atoms with Gasteiger partial charge in [0.1, 0.15) is 23.8 Å². The molecule has 2 aromatic rings. The predicted octanol–water partition coefficient (Wildman–Crippen LogP) is 3.41. The number of hydrogen-bond donors (Lipinski definition) is 1. The average Bonchev–Trinajstić information content (AvgIpc) is 3.01. The molecule has 0 bridgehead atoms. The summed E-state index contributed by atoms with van der Waals surface area (Å²) in [7, 11) is 0. The van der Waals surface area contributed by atoms with Gasteiger partial charge in [0.15, 0.2) is 0 Å². The normalized spacial score (nSPS) is 15.0. The summed E-state index contributed by atoms with van der Waals surface area (Å²) in [6.45, 7) is 2.46. The second-order valence-corrected chi connectivity index (χ2v) is 5.65. The van der Waals surface area contributed by atoms with Crippen LogP contribution in [0, 0.1) is 11.6 Å². The number of nitrogens with zero attached hydrogens (tertiary/aromatic N) is 1. The minimum Gasteiger partial charge on any atom is -0.447 e. The van der Waals surface area contributed by atoms with E-state index >= 15 is 0 Å². The third-order valence-corrected chi connectivity index (χ3v) is 3.98. The van der Waals surface area contributed by atoms with E-state index in [1.54, 1.807) is 31.2 Å². The summed E-state index contributed by atoms with van der Waals surface area (Å²) < 4.78 is 32.3. The van der Waals surface area contributed by atoms with Crippen LogP contribution in [0.4, 0.5) is 19.3 Å². The molecule has 7 heteroatoms. The van der Waals surface area contributed by atoms with E-state index < -0.39 is 35.2 Å². The Kier molecular flexibility index (Phi) is 4.65. The maximum atomic E-state index is 13.7. The van der Waals surface area contributed by atoms with Crippen molar-refractivity contribution in [1.82, 2.24) is 5.32 Å². The smallest absolute Gasteiger partial charge is 0.414 e. The molecule has 0 aromatic heterocycles. The van der Waals surface area contributed by atoms with Gasteiger partial charge in [0.25, 0.3) is 5.91 Å². The fourth-order valence-electron chi connectivity index (χ4n) is 2.66. The summed E-state index contributed by atoms with van der Waals surface area (Å²) in [5.41, 5.74) is 0.717. The minimum atomic E-state index is -0.918. The first-order valence-electron chi connectivity index (χ1n) is 7.76. The van der Waals surface area contributed by atoms with Gasteiger partial charge in [-0.2, -0.15) is 0 Å². The molecule has 1 aliphatic heterocycles. The number of cyclic esters (lactones) is 1. The Morgan fingerprint density at radius 2 is 1.88 bits per heavy atom. The lowest BCUT2D eigenvalue weighted by Gasteiger charge is -2.18. The lowest BCUT2D eigenvalue weighted by Crippen LogP contribution is -2.29. The number of halogens is 2. The largest absolute Gasteiger partial charge is 0.447 e. The van der Waals surface area contributed by atoms with Crippen molar-refractivity contribution in [1.29, 1.82) is 0 Å². The van der Waals surface area contributed by atoms with Crippen molar-refractivity contribution in [3.05, 3.63) is 65.2 Å². The topological polar surface area (TPSA) is 58.6 Å². The molecule has 2 amide bonds. The highest BCUT2D eigenvalue weighted by Crippen LogP contribution is 2.23. The van der Waals surface area contributed by atoms with Crippen LogP contribution in [0.25, 0.3) is 0 Å². The van der Waals surface area contributed by atoms with Crippen molar-refractivity contribution >= 4 is 17.7 Å². The first-order chi connectivity index (χ1) is 12.0. The van der Waals surface area contributed by atoms with Crippen LogP contribution in [0.2, 0.25) is 0 Å². The Balaban J connectivity index is 1.78. The van der Waals surface area contributed by atoms with Gasteiger partial charge in [-0.1, -0.05) is 18.2 Å². The molecule has 2 aromatic carbocycles. The Labute approximate surface area is 143 Å². The molecule has 130 valence electrons.